The molecule has 1 aliphatic carbocycles. The van der Waals surface area contributed by atoms with Gasteiger partial charge in [0.2, 0.25) is 11.9 Å². The molecule has 1 spiro atoms. The van der Waals surface area contributed by atoms with Crippen molar-refractivity contribution in [1.82, 2.24) is 25.6 Å². The number of rotatable bonds is 2. The lowest BCUT2D eigenvalue weighted by Gasteiger charge is -2.41. The Kier molecular flexibility index (Phi) is 8.72. The van der Waals surface area contributed by atoms with Crippen LogP contribution in [0.15, 0.2) is 48.5 Å². The molecule has 218 valence electrons. The van der Waals surface area contributed by atoms with Crippen molar-refractivity contribution in [3.05, 3.63) is 59.7 Å². The predicted molar refractivity (Wildman–Crippen MR) is 146 cm³/mol. The number of hydrogen-bond donors (Lipinski definition) is 4. The molecule has 8 rings (SSSR count). The minimum Gasteiger partial charge on any atom is -0.493 e. The molecule has 5 aliphatic rings. The van der Waals surface area contributed by atoms with E-state index in [0.29, 0.717) is 30.9 Å². The number of anilines is 3. The second kappa shape index (κ2) is 12.6. The lowest BCUT2D eigenvalue weighted by atomic mass is 9.69. The minimum atomic E-state index is -4.55. The van der Waals surface area contributed by atoms with Crippen LogP contribution < -0.4 is 30.7 Å². The van der Waals surface area contributed by atoms with Gasteiger partial charge in [0.15, 0.2) is 6.61 Å². The van der Waals surface area contributed by atoms with Crippen molar-refractivity contribution >= 4 is 23.5 Å². The molecule has 3 aromatic rings. The van der Waals surface area contributed by atoms with E-state index in [4.69, 9.17) is 9.47 Å². The average Bonchev–Trinajstić information content (AvgIpc) is 2.93. The summed E-state index contributed by atoms with van der Waals surface area (Å²) < 4.78 is 49.2. The number of nitrogens with zero attached hydrogens (tertiary/aromatic N) is 3. The Morgan fingerprint density at radius 1 is 0.902 bits per heavy atom. The third-order valence-corrected chi connectivity index (χ3v) is 7.03. The van der Waals surface area contributed by atoms with E-state index in [9.17, 15) is 18.0 Å². The number of amides is 1. The molecule has 13 heteroatoms. The number of aromatic nitrogens is 3. The number of hydrogen-bond acceptors (Lipinski definition) is 9. The summed E-state index contributed by atoms with van der Waals surface area (Å²) in [6.45, 7) is 1.56. The maximum atomic E-state index is 12.8. The van der Waals surface area contributed by atoms with Gasteiger partial charge >= 0.3 is 12.2 Å². The van der Waals surface area contributed by atoms with Gasteiger partial charge in [-0.1, -0.05) is 18.6 Å². The monoisotopic (exact) mass is 571 g/mol. The van der Waals surface area contributed by atoms with Crippen LogP contribution in [0.25, 0.3) is 0 Å². The summed E-state index contributed by atoms with van der Waals surface area (Å²) in [6, 6.07) is 13.7. The number of carbonyl (C=O) groups excluding carboxylic acids is 1. The summed E-state index contributed by atoms with van der Waals surface area (Å²) in [5.41, 5.74) is 2.00. The maximum Gasteiger partial charge on any atom is 0.422 e. The van der Waals surface area contributed by atoms with Crippen molar-refractivity contribution in [2.45, 2.75) is 38.4 Å². The van der Waals surface area contributed by atoms with E-state index in [1.165, 1.54) is 6.42 Å². The number of ether oxygens (including phenoxy) is 2. The summed E-state index contributed by atoms with van der Waals surface area (Å²) in [5, 5.41) is 12.4. The first-order valence-electron chi connectivity index (χ1n) is 13.5. The first-order chi connectivity index (χ1) is 19.8. The summed E-state index contributed by atoms with van der Waals surface area (Å²) in [5.74, 6) is 0.574. The zero-order valence-electron chi connectivity index (χ0n) is 22.4. The van der Waals surface area contributed by atoms with Crippen LogP contribution in [-0.4, -0.2) is 59.9 Å². The highest BCUT2D eigenvalue weighted by Gasteiger charge is 2.37. The SMILES string of the molecule is O=C1NCCCNCC2(CCC2)COc2ccc(cc2)CNc2nc(nc(OCC(F)(F)F)n2)Nc2ccc1cc2. The topological polar surface area (TPSA) is 122 Å². The quantitative estimate of drug-likeness (QED) is 0.354. The molecule has 0 atom stereocenters. The van der Waals surface area contributed by atoms with Gasteiger partial charge in [-0.25, -0.2) is 0 Å². The molecular weight excluding hydrogens is 539 g/mol. The van der Waals surface area contributed by atoms with Gasteiger partial charge in [0.25, 0.3) is 5.91 Å². The van der Waals surface area contributed by atoms with Crippen LogP contribution in [0.2, 0.25) is 0 Å². The van der Waals surface area contributed by atoms with Crippen molar-refractivity contribution in [3.63, 3.8) is 0 Å². The molecule has 4 aliphatic heterocycles. The molecule has 1 saturated carbocycles. The third-order valence-electron chi connectivity index (χ3n) is 7.03. The van der Waals surface area contributed by atoms with Gasteiger partial charge in [-0.2, -0.15) is 28.1 Å². The van der Waals surface area contributed by atoms with Gasteiger partial charge < -0.3 is 30.7 Å². The molecular formula is C28H32F3N7O3. The Bertz CT molecular complexity index is 1320. The van der Waals surface area contributed by atoms with Crippen LogP contribution in [-0.2, 0) is 6.54 Å². The molecule has 10 nitrogen and oxygen atoms in total. The smallest absolute Gasteiger partial charge is 0.422 e. The lowest BCUT2D eigenvalue weighted by Crippen LogP contribution is -2.44. The third kappa shape index (κ3) is 8.19. The molecule has 4 N–H and O–H groups in total. The fourth-order valence-corrected chi connectivity index (χ4v) is 4.58. The number of benzene rings is 2. The van der Waals surface area contributed by atoms with Crippen molar-refractivity contribution in [3.8, 4) is 11.8 Å². The first kappa shape index (κ1) is 28.4. The zero-order valence-corrected chi connectivity index (χ0v) is 22.4. The second-order valence-electron chi connectivity index (χ2n) is 10.3. The largest absolute Gasteiger partial charge is 0.493 e. The highest BCUT2D eigenvalue weighted by molar-refractivity contribution is 5.94. The minimum absolute atomic E-state index is 0.0208. The fraction of sp³-hybridized carbons (Fsp3) is 0.429. The molecule has 5 heterocycles. The Hall–Kier alpha value is -4.13. The molecule has 6 bridgehead atoms. The highest BCUT2D eigenvalue weighted by atomic mass is 19.4. The Morgan fingerprint density at radius 3 is 2.37 bits per heavy atom. The summed E-state index contributed by atoms with van der Waals surface area (Å²) in [4.78, 5) is 24.8. The maximum absolute atomic E-state index is 12.8. The van der Waals surface area contributed by atoms with Gasteiger partial charge in [0.1, 0.15) is 5.75 Å². The molecule has 0 unspecified atom stereocenters. The molecule has 41 heavy (non-hydrogen) atoms. The summed E-state index contributed by atoms with van der Waals surface area (Å²) >= 11 is 0. The Balaban J connectivity index is 1.35. The number of carbonyl (C=O) groups is 1. The van der Waals surface area contributed by atoms with Crippen LogP contribution in [0.3, 0.4) is 0 Å². The highest BCUT2D eigenvalue weighted by Crippen LogP contribution is 2.40. The predicted octanol–water partition coefficient (Wildman–Crippen LogP) is 4.44. The molecule has 0 radical (unpaired) electrons. The molecule has 1 amide bonds. The van der Waals surface area contributed by atoms with E-state index in [2.05, 4.69) is 36.2 Å². The molecule has 0 saturated heterocycles. The van der Waals surface area contributed by atoms with Crippen LogP contribution >= 0.6 is 0 Å². The van der Waals surface area contributed by atoms with Crippen molar-refractivity contribution in [2.75, 3.05) is 43.5 Å². The van der Waals surface area contributed by atoms with Crippen molar-refractivity contribution < 1.29 is 27.4 Å². The molecule has 1 fully saturated rings. The van der Waals surface area contributed by atoms with Crippen LogP contribution in [0.4, 0.5) is 30.8 Å². The normalized spacial score (nSPS) is 17.8. The van der Waals surface area contributed by atoms with Gasteiger partial charge in [0.05, 0.1) is 6.61 Å². The second-order valence-corrected chi connectivity index (χ2v) is 10.3. The summed E-state index contributed by atoms with van der Waals surface area (Å²) in [6.07, 6.45) is -0.375. The number of alkyl halides is 3. The van der Waals surface area contributed by atoms with Crippen LogP contribution in [0.5, 0.6) is 11.8 Å². The van der Waals surface area contributed by atoms with Crippen molar-refractivity contribution in [1.29, 1.82) is 0 Å². The zero-order chi connectivity index (χ0) is 28.7. The van der Waals surface area contributed by atoms with E-state index in [0.717, 1.165) is 43.7 Å². The van der Waals surface area contributed by atoms with Crippen LogP contribution in [0.1, 0.15) is 41.6 Å². The molecule has 1 aromatic heterocycles. The number of nitrogens with one attached hydrogen (secondary N) is 4. The fourth-order valence-electron chi connectivity index (χ4n) is 4.58. The van der Waals surface area contributed by atoms with Gasteiger partial charge in [-0.05, 0) is 67.8 Å². The van der Waals surface area contributed by atoms with Crippen molar-refractivity contribution in [2.24, 2.45) is 5.41 Å². The van der Waals surface area contributed by atoms with E-state index in [1.54, 1.807) is 24.3 Å². The lowest BCUT2D eigenvalue weighted by molar-refractivity contribution is -0.154. The Labute approximate surface area is 235 Å². The van der Waals surface area contributed by atoms with Gasteiger partial charge in [-0.3, -0.25) is 4.79 Å². The summed E-state index contributed by atoms with van der Waals surface area (Å²) in [7, 11) is 0. The van der Waals surface area contributed by atoms with Crippen LogP contribution in [0, 0.1) is 5.41 Å². The van der Waals surface area contributed by atoms with Gasteiger partial charge in [0, 0.05) is 36.3 Å². The number of halogens is 3. The molecule has 2 aromatic carbocycles. The average molecular weight is 572 g/mol. The van der Waals surface area contributed by atoms with Gasteiger partial charge in [-0.15, -0.1) is 0 Å². The van der Waals surface area contributed by atoms with E-state index < -0.39 is 18.8 Å². The first-order valence-corrected chi connectivity index (χ1v) is 13.5. The Morgan fingerprint density at radius 2 is 1.66 bits per heavy atom. The van der Waals surface area contributed by atoms with E-state index >= 15 is 0 Å². The van der Waals surface area contributed by atoms with E-state index in [-0.39, 0.29) is 23.2 Å². The van der Waals surface area contributed by atoms with E-state index in [1.807, 2.05) is 24.3 Å². The standard InChI is InChI=1S/C28H32F3N7O3/c29-28(30,31)18-41-26-37-24-34-15-19-3-9-22(10-4-19)40-17-27(11-1-12-27)16-32-13-2-14-33-23(39)20-5-7-21(8-6-20)35-25(36-24)38-26/h3-10,32H,1-2,11-18H2,(H,33,39)(H2,34,35,36,37,38).